The molecule has 0 spiro atoms. The minimum atomic E-state index is -0.544. The van der Waals surface area contributed by atoms with Gasteiger partial charge in [-0.3, -0.25) is 0 Å². The topological polar surface area (TPSA) is 96.9 Å². The maximum absolute atomic E-state index is 12.1. The quantitative estimate of drug-likeness (QED) is 0.702. The van der Waals surface area contributed by atoms with Gasteiger partial charge >= 0.3 is 6.09 Å². The summed E-state index contributed by atoms with van der Waals surface area (Å²) in [6.45, 7) is 6.86. The van der Waals surface area contributed by atoms with Crippen molar-refractivity contribution in [3.8, 4) is 0 Å². The van der Waals surface area contributed by atoms with E-state index in [0.717, 1.165) is 15.8 Å². The summed E-state index contributed by atoms with van der Waals surface area (Å²) in [7, 11) is 0. The van der Waals surface area contributed by atoms with E-state index in [1.807, 2.05) is 25.8 Å². The van der Waals surface area contributed by atoms with Crippen molar-refractivity contribution in [2.45, 2.75) is 38.8 Å². The number of carbonyl (C=O) groups excluding carboxylic acids is 1. The molecule has 2 N–H and O–H groups in total. The molecule has 1 aromatic rings. The van der Waals surface area contributed by atoms with Crippen molar-refractivity contribution in [1.29, 1.82) is 0 Å². The average molecular weight is 418 g/mol. The van der Waals surface area contributed by atoms with Crippen LogP contribution in [0.4, 0.5) is 16.4 Å². The smallest absolute Gasteiger partial charge is 0.410 e. The molecule has 0 saturated carbocycles. The Labute approximate surface area is 139 Å². The largest absolute Gasteiger partial charge is 0.444 e. The van der Waals surface area contributed by atoms with Gasteiger partial charge in [-0.25, -0.2) is 19.8 Å². The number of nitrogens with zero attached hydrogens (tertiary/aromatic N) is 5. The van der Waals surface area contributed by atoms with E-state index < -0.39 is 26.6 Å². The molecule has 2 aliphatic rings. The predicted octanol–water partition coefficient (Wildman–Crippen LogP) is 2.13. The zero-order chi connectivity index (χ0) is 15.9. The van der Waals surface area contributed by atoms with Crippen LogP contribution in [-0.2, 0) is 4.74 Å². The number of hydrogen-bond donors (Lipinski definition) is 1. The fourth-order valence-electron chi connectivity index (χ4n) is 2.40. The van der Waals surface area contributed by atoms with Gasteiger partial charge in [0.1, 0.15) is 21.3 Å². The Kier molecular flexibility index (Phi) is 3.91. The van der Waals surface area contributed by atoms with Gasteiger partial charge in [0.15, 0.2) is 5.82 Å². The number of fused-ring (bicyclic) bond motifs is 1. The normalized spacial score (nSPS) is 20.8. The predicted molar refractivity (Wildman–Crippen MR) is 90.3 cm³/mol. The molecule has 1 aromatic heterocycles. The fourth-order valence-corrected chi connectivity index (χ4v) is 4.39. The van der Waals surface area contributed by atoms with E-state index in [0.29, 0.717) is 18.9 Å². The molecule has 1 atom stereocenters. The molecule has 9 heteroatoms. The van der Waals surface area contributed by atoms with Crippen LogP contribution in [0.1, 0.15) is 27.2 Å². The minimum absolute atomic E-state index is 0.128. The molecule has 2 aliphatic heterocycles. The standard InChI is InChI=1S/C13H19IN6O2/c1-13(2,3)22-12(21)19-5-4-8(6-19)20-11-9(14-18-20)10(15)16-7-17-11/h7-8H,4-6H2,1-3H3,(H2,15,16,17)/t8-/m0/s1. The van der Waals surface area contributed by atoms with Crippen LogP contribution in [0, 0.1) is 3.57 Å². The van der Waals surface area contributed by atoms with E-state index in [1.54, 1.807) is 4.90 Å². The maximum atomic E-state index is 12.1. The highest BCUT2D eigenvalue weighted by atomic mass is 127. The van der Waals surface area contributed by atoms with Gasteiger partial charge in [0.2, 0.25) is 0 Å². The third kappa shape index (κ3) is 2.99. The molecule has 0 aromatic carbocycles. The molecule has 1 amide bonds. The highest BCUT2D eigenvalue weighted by Gasteiger charge is 2.36. The van der Waals surface area contributed by atoms with Crippen molar-refractivity contribution >= 4 is 38.8 Å². The molecule has 3 heterocycles. The number of carbonyl (C=O) groups is 1. The van der Waals surface area contributed by atoms with Crippen molar-refractivity contribution < 1.29 is 9.53 Å². The van der Waals surface area contributed by atoms with Crippen molar-refractivity contribution in [2.24, 2.45) is 3.25 Å². The van der Waals surface area contributed by atoms with E-state index in [-0.39, 0.29) is 12.1 Å². The maximum Gasteiger partial charge on any atom is 0.410 e. The number of likely N-dealkylation sites (tertiary alicyclic amines) is 1. The number of amides is 1. The summed E-state index contributed by atoms with van der Waals surface area (Å²) < 4.78 is 11.0. The number of anilines is 2. The first-order valence-corrected chi connectivity index (χ1v) is 9.12. The number of nitrogen functional groups attached to an aromatic ring is 1. The molecule has 22 heavy (non-hydrogen) atoms. The Morgan fingerprint density at radius 2 is 2.23 bits per heavy atom. The van der Waals surface area contributed by atoms with E-state index in [9.17, 15) is 4.79 Å². The lowest BCUT2D eigenvalue weighted by molar-refractivity contribution is 0.0292. The first kappa shape index (κ1) is 15.4. The monoisotopic (exact) mass is 418 g/mol. The number of halogens is 1. The number of aromatic nitrogens is 2. The van der Waals surface area contributed by atoms with Gasteiger partial charge in [-0.1, -0.05) is 0 Å². The van der Waals surface area contributed by atoms with Gasteiger partial charge in [-0.2, -0.15) is 0 Å². The molecule has 1 saturated heterocycles. The van der Waals surface area contributed by atoms with Gasteiger partial charge < -0.3 is 15.4 Å². The average Bonchev–Trinajstić information content (AvgIpc) is 3.03. The van der Waals surface area contributed by atoms with Crippen LogP contribution in [0.25, 0.3) is 0 Å². The van der Waals surface area contributed by atoms with E-state index in [1.165, 1.54) is 6.33 Å². The molecule has 0 unspecified atom stereocenters. The number of nitrogens with two attached hydrogens (primary N) is 1. The molecule has 1 fully saturated rings. The first-order valence-electron chi connectivity index (χ1n) is 7.08. The molecular formula is C13H19IN6O2. The summed E-state index contributed by atoms with van der Waals surface area (Å²) in [5, 5.41) is 1.92. The second-order valence-electron chi connectivity index (χ2n) is 6.27. The second kappa shape index (κ2) is 5.60. The minimum Gasteiger partial charge on any atom is -0.444 e. The van der Waals surface area contributed by atoms with Crippen LogP contribution < -0.4 is 10.7 Å². The molecular weight excluding hydrogens is 399 g/mol. The van der Waals surface area contributed by atoms with Gasteiger partial charge in [-0.15, -0.1) is 3.25 Å². The summed E-state index contributed by atoms with van der Waals surface area (Å²) in [5.74, 6) is 1.32. The Morgan fingerprint density at radius 1 is 1.45 bits per heavy atom. The van der Waals surface area contributed by atoms with Crippen LogP contribution in [0.5, 0.6) is 0 Å². The lowest BCUT2D eigenvalue weighted by atomic mass is 10.2. The summed E-state index contributed by atoms with van der Waals surface area (Å²) in [4.78, 5) is 22.2. The summed E-state index contributed by atoms with van der Waals surface area (Å²) in [5.41, 5.74) is 5.40. The highest BCUT2D eigenvalue weighted by molar-refractivity contribution is 14.2. The molecule has 8 nitrogen and oxygen atoms in total. The van der Waals surface area contributed by atoms with Gasteiger partial charge in [0, 0.05) is 13.1 Å². The fraction of sp³-hybridized carbons (Fsp3) is 0.615. The highest BCUT2D eigenvalue weighted by Crippen LogP contribution is 2.38. The number of ether oxygens (including phenoxy) is 1. The van der Waals surface area contributed by atoms with Crippen LogP contribution in [0.15, 0.2) is 9.58 Å². The lowest BCUT2D eigenvalue weighted by Gasteiger charge is -2.25. The van der Waals surface area contributed by atoms with Crippen LogP contribution in [-0.4, -0.2) is 45.7 Å². The molecule has 3 rings (SSSR count). The third-order valence-corrected chi connectivity index (χ3v) is 5.58. The van der Waals surface area contributed by atoms with Crippen molar-refractivity contribution in [3.63, 3.8) is 0 Å². The molecule has 120 valence electrons. The third-order valence-electron chi connectivity index (χ3n) is 3.38. The zero-order valence-electron chi connectivity index (χ0n) is 12.8. The van der Waals surface area contributed by atoms with Crippen molar-refractivity contribution in [1.82, 2.24) is 14.9 Å². The first-order chi connectivity index (χ1) is 10.3. The van der Waals surface area contributed by atoms with Crippen LogP contribution in [0.2, 0.25) is 0 Å². The Morgan fingerprint density at radius 3 is 2.95 bits per heavy atom. The number of rotatable bonds is 1. The summed E-state index contributed by atoms with van der Waals surface area (Å²) >= 11 is -0.544. The van der Waals surface area contributed by atoms with E-state index in [4.69, 9.17) is 10.5 Å². The Bertz CT molecular complexity index is 629. The van der Waals surface area contributed by atoms with Gasteiger partial charge in [0.05, 0.1) is 27.1 Å². The van der Waals surface area contributed by atoms with E-state index in [2.05, 4.69) is 13.2 Å². The number of hydrogen-bond acceptors (Lipinski definition) is 7. The molecule has 0 aliphatic carbocycles. The lowest BCUT2D eigenvalue weighted by Crippen LogP contribution is -2.38. The Hall–Kier alpha value is -1.52. The van der Waals surface area contributed by atoms with Crippen LogP contribution >= 0.6 is 21.0 Å². The van der Waals surface area contributed by atoms with Crippen LogP contribution in [0.3, 0.4) is 0 Å². The molecule has 0 radical (unpaired) electrons. The van der Waals surface area contributed by atoms with Gasteiger partial charge in [0.25, 0.3) is 0 Å². The summed E-state index contributed by atoms with van der Waals surface area (Å²) in [6.07, 6.45) is 2.04. The van der Waals surface area contributed by atoms with Gasteiger partial charge in [-0.05, 0) is 27.2 Å². The second-order valence-corrected chi connectivity index (χ2v) is 8.26. The Balaban J connectivity index is 1.69. The summed E-state index contributed by atoms with van der Waals surface area (Å²) in [6, 6.07) is 0.128. The van der Waals surface area contributed by atoms with E-state index >= 15 is 0 Å². The SMILES string of the molecule is CC(C)(C)OC(=O)N1CC[C@H](N2N=Ic3c(N)ncnc32)C1. The zero-order valence-corrected chi connectivity index (χ0v) is 14.9. The van der Waals surface area contributed by atoms with Crippen molar-refractivity contribution in [2.75, 3.05) is 23.8 Å². The van der Waals surface area contributed by atoms with Crippen molar-refractivity contribution in [3.05, 3.63) is 9.90 Å². The molecule has 0 bridgehead atoms.